The molecule has 0 spiro atoms. The van der Waals surface area contributed by atoms with Crippen molar-refractivity contribution in [2.24, 2.45) is 0 Å². The van der Waals surface area contributed by atoms with Crippen LogP contribution in [-0.2, 0) is 25.7 Å². The lowest BCUT2D eigenvalue weighted by atomic mass is 10.1. The highest BCUT2D eigenvalue weighted by Crippen LogP contribution is 2.23. The summed E-state index contributed by atoms with van der Waals surface area (Å²) in [4.78, 5) is 16.7. The monoisotopic (exact) mass is 322 g/mol. The highest BCUT2D eigenvalue weighted by Gasteiger charge is 2.23. The van der Waals surface area contributed by atoms with Crippen molar-refractivity contribution in [3.8, 4) is 0 Å². The topological polar surface area (TPSA) is 99.3 Å². The summed E-state index contributed by atoms with van der Waals surface area (Å²) in [6, 6.07) is 10.2. The van der Waals surface area contributed by atoms with Crippen molar-refractivity contribution in [1.82, 2.24) is 25.4 Å². The van der Waals surface area contributed by atoms with Crippen LogP contribution in [0.2, 0.25) is 0 Å². The predicted molar refractivity (Wildman–Crippen MR) is 88.8 cm³/mol. The predicted octanol–water partition coefficient (Wildman–Crippen LogP) is 2.05. The van der Waals surface area contributed by atoms with Gasteiger partial charge >= 0.3 is 0 Å². The van der Waals surface area contributed by atoms with E-state index in [1.165, 1.54) is 5.56 Å². The molecule has 0 fully saturated rings. The lowest BCUT2D eigenvalue weighted by Crippen LogP contribution is -2.15. The Morgan fingerprint density at radius 3 is 2.83 bits per heavy atom. The van der Waals surface area contributed by atoms with Crippen molar-refractivity contribution in [3.63, 3.8) is 0 Å². The van der Waals surface area contributed by atoms with E-state index < -0.39 is 0 Å². The number of rotatable bonds is 5. The van der Waals surface area contributed by atoms with Gasteiger partial charge in [0.25, 0.3) is 5.91 Å². The Kier molecular flexibility index (Phi) is 3.82. The number of amides is 1. The number of fused-ring (bicyclic) bond motifs is 1. The number of nitrogens with one attached hydrogen (secondary N) is 3. The van der Waals surface area contributed by atoms with Gasteiger partial charge in [0.1, 0.15) is 5.82 Å². The van der Waals surface area contributed by atoms with Crippen molar-refractivity contribution >= 4 is 11.9 Å². The Hall–Kier alpha value is -2.96. The van der Waals surface area contributed by atoms with Gasteiger partial charge in [-0.1, -0.05) is 30.3 Å². The first-order valence-corrected chi connectivity index (χ1v) is 8.12. The number of nitrogens with zero attached hydrogens (tertiary/aromatic N) is 3. The molecule has 122 valence electrons. The largest absolute Gasteiger partial charge is 0.288 e. The van der Waals surface area contributed by atoms with Crippen LogP contribution in [0.1, 0.15) is 39.6 Å². The zero-order valence-corrected chi connectivity index (χ0v) is 13.2. The normalized spacial score (nSPS) is 13.0. The summed E-state index contributed by atoms with van der Waals surface area (Å²) in [7, 11) is 0. The molecule has 2 aromatic heterocycles. The summed E-state index contributed by atoms with van der Waals surface area (Å²) in [5, 5.41) is 16.7. The van der Waals surface area contributed by atoms with Crippen LogP contribution in [0.25, 0.3) is 0 Å². The number of hydrogen-bond donors (Lipinski definition) is 3. The van der Waals surface area contributed by atoms with Crippen LogP contribution in [0.5, 0.6) is 0 Å². The van der Waals surface area contributed by atoms with Gasteiger partial charge in [-0.2, -0.15) is 10.1 Å². The SMILES string of the molecule is O=C(Nc1n[nH]c(CCc2ccccc2)n1)c1n[nH]c2c1CCC2. The van der Waals surface area contributed by atoms with Crippen LogP contribution in [0.15, 0.2) is 30.3 Å². The number of H-pyrrole nitrogens is 2. The second-order valence-electron chi connectivity index (χ2n) is 5.93. The molecular formula is C17H18N6O. The lowest BCUT2D eigenvalue weighted by Gasteiger charge is -1.99. The Morgan fingerprint density at radius 1 is 1.08 bits per heavy atom. The summed E-state index contributed by atoms with van der Waals surface area (Å²) in [6.07, 6.45) is 4.53. The first-order valence-electron chi connectivity index (χ1n) is 8.12. The molecule has 0 saturated heterocycles. The van der Waals surface area contributed by atoms with Crippen molar-refractivity contribution in [2.75, 3.05) is 5.32 Å². The number of aromatic nitrogens is 5. The number of hydrogen-bond acceptors (Lipinski definition) is 4. The summed E-state index contributed by atoms with van der Waals surface area (Å²) >= 11 is 0. The van der Waals surface area contributed by atoms with Gasteiger partial charge in [0, 0.05) is 17.7 Å². The molecule has 3 N–H and O–H groups in total. The molecule has 0 aliphatic heterocycles. The number of carbonyl (C=O) groups is 1. The molecule has 1 amide bonds. The quantitative estimate of drug-likeness (QED) is 0.669. The van der Waals surface area contributed by atoms with E-state index in [0.29, 0.717) is 5.69 Å². The van der Waals surface area contributed by atoms with Gasteiger partial charge in [0.15, 0.2) is 5.69 Å². The first-order chi connectivity index (χ1) is 11.8. The Labute approximate surface area is 138 Å². The van der Waals surface area contributed by atoms with E-state index in [0.717, 1.165) is 49.2 Å². The fourth-order valence-corrected chi connectivity index (χ4v) is 3.04. The van der Waals surface area contributed by atoms with Gasteiger partial charge in [-0.25, -0.2) is 0 Å². The van der Waals surface area contributed by atoms with E-state index in [1.54, 1.807) is 0 Å². The maximum atomic E-state index is 12.3. The number of aryl methyl sites for hydroxylation is 3. The third-order valence-electron chi connectivity index (χ3n) is 4.27. The van der Waals surface area contributed by atoms with E-state index in [9.17, 15) is 4.79 Å². The third-order valence-corrected chi connectivity index (χ3v) is 4.27. The fourth-order valence-electron chi connectivity index (χ4n) is 3.04. The molecule has 4 rings (SSSR count). The Balaban J connectivity index is 1.39. The summed E-state index contributed by atoms with van der Waals surface area (Å²) in [5.41, 5.74) is 3.79. The molecule has 7 heteroatoms. The molecule has 0 saturated carbocycles. The molecule has 2 heterocycles. The number of benzene rings is 1. The maximum absolute atomic E-state index is 12.3. The molecule has 0 atom stereocenters. The van der Waals surface area contributed by atoms with Crippen LogP contribution >= 0.6 is 0 Å². The summed E-state index contributed by atoms with van der Waals surface area (Å²) in [6.45, 7) is 0. The zero-order chi connectivity index (χ0) is 16.4. The number of aromatic amines is 2. The molecule has 0 unspecified atom stereocenters. The molecule has 7 nitrogen and oxygen atoms in total. The van der Waals surface area contributed by atoms with Crippen LogP contribution < -0.4 is 5.32 Å². The molecule has 1 aliphatic carbocycles. The minimum atomic E-state index is -0.261. The molecule has 0 radical (unpaired) electrons. The second-order valence-corrected chi connectivity index (χ2v) is 5.93. The van der Waals surface area contributed by atoms with Crippen molar-refractivity contribution in [2.45, 2.75) is 32.1 Å². The van der Waals surface area contributed by atoms with Gasteiger partial charge in [-0.3, -0.25) is 20.3 Å². The number of carbonyl (C=O) groups excluding carboxylic acids is 1. The highest BCUT2D eigenvalue weighted by atomic mass is 16.2. The number of anilines is 1. The highest BCUT2D eigenvalue weighted by molar-refractivity contribution is 6.03. The van der Waals surface area contributed by atoms with Crippen LogP contribution in [0, 0.1) is 0 Å². The van der Waals surface area contributed by atoms with Crippen molar-refractivity contribution in [3.05, 3.63) is 58.7 Å². The van der Waals surface area contributed by atoms with Crippen molar-refractivity contribution < 1.29 is 4.79 Å². The molecule has 3 aromatic rings. The Morgan fingerprint density at radius 2 is 1.96 bits per heavy atom. The van der Waals surface area contributed by atoms with Crippen LogP contribution in [-0.4, -0.2) is 31.3 Å². The van der Waals surface area contributed by atoms with Gasteiger partial charge < -0.3 is 0 Å². The van der Waals surface area contributed by atoms with E-state index >= 15 is 0 Å². The van der Waals surface area contributed by atoms with E-state index in [4.69, 9.17) is 0 Å². The third kappa shape index (κ3) is 2.92. The second kappa shape index (κ2) is 6.27. The summed E-state index contributed by atoms with van der Waals surface area (Å²) in [5.74, 6) is 0.780. The van der Waals surface area contributed by atoms with Gasteiger partial charge in [-0.15, -0.1) is 5.10 Å². The van der Waals surface area contributed by atoms with Crippen LogP contribution in [0.3, 0.4) is 0 Å². The van der Waals surface area contributed by atoms with Crippen molar-refractivity contribution in [1.29, 1.82) is 0 Å². The minimum Gasteiger partial charge on any atom is -0.288 e. The minimum absolute atomic E-state index is 0.261. The summed E-state index contributed by atoms with van der Waals surface area (Å²) < 4.78 is 0. The standard InChI is InChI=1S/C17H18N6O/c24-16(15-12-7-4-8-13(12)20-22-15)19-17-18-14(21-23-17)10-9-11-5-2-1-3-6-11/h1-3,5-6H,4,7-10H2,(H,20,22)(H2,18,19,21,23,24). The molecular weight excluding hydrogens is 304 g/mol. The average Bonchev–Trinajstić information content (AvgIpc) is 3.30. The van der Waals surface area contributed by atoms with E-state index in [2.05, 4.69) is 42.8 Å². The van der Waals surface area contributed by atoms with E-state index in [1.807, 2.05) is 18.2 Å². The first kappa shape index (κ1) is 14.6. The Bertz CT molecular complexity index is 851. The average molecular weight is 322 g/mol. The zero-order valence-electron chi connectivity index (χ0n) is 13.2. The molecule has 1 aromatic carbocycles. The van der Waals surface area contributed by atoms with Gasteiger partial charge in [0.05, 0.1) is 0 Å². The smallest absolute Gasteiger partial charge is 0.278 e. The van der Waals surface area contributed by atoms with Gasteiger partial charge in [0.2, 0.25) is 5.95 Å². The lowest BCUT2D eigenvalue weighted by molar-refractivity contribution is 0.102. The van der Waals surface area contributed by atoms with Crippen LogP contribution in [0.4, 0.5) is 5.95 Å². The molecule has 0 bridgehead atoms. The molecule has 24 heavy (non-hydrogen) atoms. The van der Waals surface area contributed by atoms with Gasteiger partial charge in [-0.05, 0) is 31.2 Å². The molecule has 1 aliphatic rings. The fraction of sp³-hybridized carbons (Fsp3) is 0.294. The van der Waals surface area contributed by atoms with E-state index in [-0.39, 0.29) is 11.9 Å². The maximum Gasteiger partial charge on any atom is 0.278 e.